The fraction of sp³-hybridized carbons (Fsp3) is 0.619. The normalized spacial score (nSPS) is 28.5. The van der Waals surface area contributed by atoms with Gasteiger partial charge < -0.3 is 14.8 Å². The molecule has 4 rings (SSSR count). The highest BCUT2D eigenvalue weighted by Gasteiger charge is 2.42. The van der Waals surface area contributed by atoms with Crippen LogP contribution in [0.25, 0.3) is 0 Å². The largest absolute Gasteiger partial charge is 0.449 e. The van der Waals surface area contributed by atoms with Gasteiger partial charge in [-0.2, -0.15) is 0 Å². The van der Waals surface area contributed by atoms with E-state index in [9.17, 15) is 9.59 Å². The maximum atomic E-state index is 12.5. The van der Waals surface area contributed by atoms with Gasteiger partial charge in [0.05, 0.1) is 18.8 Å². The van der Waals surface area contributed by atoms with Gasteiger partial charge in [0.15, 0.2) is 6.10 Å². The van der Waals surface area contributed by atoms with Crippen LogP contribution in [0.1, 0.15) is 61.0 Å². The number of fused-ring (bicyclic) bond motifs is 3. The van der Waals surface area contributed by atoms with Crippen LogP contribution >= 0.6 is 0 Å². The van der Waals surface area contributed by atoms with Crippen molar-refractivity contribution in [2.75, 3.05) is 0 Å². The lowest BCUT2D eigenvalue weighted by molar-refractivity contribution is -0.130. The Balaban J connectivity index is 1.31. The van der Waals surface area contributed by atoms with Gasteiger partial charge >= 0.3 is 5.97 Å². The summed E-state index contributed by atoms with van der Waals surface area (Å²) in [5, 5.41) is 3.07. The molecular weight excluding hydrogens is 330 g/mol. The first-order valence-electron chi connectivity index (χ1n) is 9.72. The van der Waals surface area contributed by atoms with Crippen molar-refractivity contribution in [3.63, 3.8) is 0 Å². The molecule has 3 aliphatic rings. The molecule has 5 atom stereocenters. The molecule has 1 amide bonds. The van der Waals surface area contributed by atoms with E-state index in [4.69, 9.17) is 9.47 Å². The van der Waals surface area contributed by atoms with Crippen LogP contribution in [-0.4, -0.2) is 24.0 Å². The Morgan fingerprint density at radius 1 is 1.15 bits per heavy atom. The predicted molar refractivity (Wildman–Crippen MR) is 96.4 cm³/mol. The molecule has 1 aromatic rings. The predicted octanol–water partition coefficient (Wildman–Crippen LogP) is 3.20. The second-order valence-corrected chi connectivity index (χ2v) is 8.16. The van der Waals surface area contributed by atoms with Crippen molar-refractivity contribution < 1.29 is 19.1 Å². The third-order valence-electron chi connectivity index (χ3n) is 6.42. The standard InChI is InChI=1S/C21H27NO4/c1-12(19-8-14-3-4-15(19)7-14)22-20(23)13(2)26-21(24)16-5-6-17-10-25-11-18(17)9-16/h5-6,9,12-15,19H,3-4,7-8,10-11H2,1-2H3,(H,22,23)/t12-,13+,14+,15+,19+/m1/s1. The van der Waals surface area contributed by atoms with Crippen molar-refractivity contribution in [2.24, 2.45) is 17.8 Å². The molecule has 1 N–H and O–H groups in total. The average Bonchev–Trinajstić information content (AvgIpc) is 3.36. The van der Waals surface area contributed by atoms with Gasteiger partial charge in [-0.15, -0.1) is 0 Å². The number of rotatable bonds is 5. The van der Waals surface area contributed by atoms with Crippen LogP contribution in [0, 0.1) is 17.8 Å². The SMILES string of the molecule is C[C@H](OC(=O)c1ccc2c(c1)COC2)C(=O)N[C@H](C)[C@@H]1C[C@H]2CC[C@H]1C2. The number of carbonyl (C=O) groups is 2. The number of ether oxygens (including phenoxy) is 2. The van der Waals surface area contributed by atoms with Crippen molar-refractivity contribution in [1.29, 1.82) is 0 Å². The molecule has 0 saturated heterocycles. The zero-order chi connectivity index (χ0) is 18.3. The average molecular weight is 357 g/mol. The Hall–Kier alpha value is -1.88. The molecule has 0 aromatic heterocycles. The van der Waals surface area contributed by atoms with Gasteiger partial charge in [-0.25, -0.2) is 4.79 Å². The van der Waals surface area contributed by atoms with Gasteiger partial charge in [0.25, 0.3) is 5.91 Å². The van der Waals surface area contributed by atoms with E-state index in [0.717, 1.165) is 23.0 Å². The van der Waals surface area contributed by atoms with Crippen molar-refractivity contribution >= 4 is 11.9 Å². The van der Waals surface area contributed by atoms with Gasteiger partial charge in [-0.1, -0.05) is 12.5 Å². The summed E-state index contributed by atoms with van der Waals surface area (Å²) in [5.74, 6) is 1.50. The minimum atomic E-state index is -0.798. The summed E-state index contributed by atoms with van der Waals surface area (Å²) >= 11 is 0. The van der Waals surface area contributed by atoms with Crippen molar-refractivity contribution in [2.45, 2.75) is 64.9 Å². The zero-order valence-corrected chi connectivity index (χ0v) is 15.5. The molecule has 1 heterocycles. The molecular formula is C21H27NO4. The maximum absolute atomic E-state index is 12.5. The van der Waals surface area contributed by atoms with E-state index < -0.39 is 12.1 Å². The van der Waals surface area contributed by atoms with Gasteiger partial charge in [0.1, 0.15) is 0 Å². The minimum absolute atomic E-state index is 0.135. The number of carbonyl (C=O) groups excluding carboxylic acids is 2. The monoisotopic (exact) mass is 357 g/mol. The summed E-state index contributed by atoms with van der Waals surface area (Å²) < 4.78 is 10.8. The summed E-state index contributed by atoms with van der Waals surface area (Å²) in [5.41, 5.74) is 2.59. The fourth-order valence-corrected chi connectivity index (χ4v) is 4.94. The molecule has 0 unspecified atom stereocenters. The summed E-state index contributed by atoms with van der Waals surface area (Å²) in [6, 6.07) is 5.56. The smallest absolute Gasteiger partial charge is 0.338 e. The highest BCUT2D eigenvalue weighted by Crippen LogP contribution is 2.49. The van der Waals surface area contributed by atoms with E-state index in [2.05, 4.69) is 12.2 Å². The Kier molecular flexibility index (Phi) is 4.74. The third kappa shape index (κ3) is 3.37. The van der Waals surface area contributed by atoms with E-state index in [1.54, 1.807) is 19.1 Å². The molecule has 5 heteroatoms. The lowest BCUT2D eigenvalue weighted by Crippen LogP contribution is -2.45. The molecule has 5 nitrogen and oxygen atoms in total. The van der Waals surface area contributed by atoms with E-state index in [1.165, 1.54) is 25.7 Å². The van der Waals surface area contributed by atoms with Gasteiger partial charge in [0, 0.05) is 6.04 Å². The molecule has 2 fully saturated rings. The van der Waals surface area contributed by atoms with Gasteiger partial charge in [0.2, 0.25) is 0 Å². The molecule has 0 spiro atoms. The zero-order valence-electron chi connectivity index (χ0n) is 15.5. The van der Waals surface area contributed by atoms with Crippen LogP contribution in [0.4, 0.5) is 0 Å². The molecule has 140 valence electrons. The second kappa shape index (κ2) is 7.03. The molecule has 2 aliphatic carbocycles. The summed E-state index contributed by atoms with van der Waals surface area (Å²) in [4.78, 5) is 24.8. The Labute approximate surface area is 154 Å². The topological polar surface area (TPSA) is 64.6 Å². The highest BCUT2D eigenvalue weighted by molar-refractivity contribution is 5.92. The van der Waals surface area contributed by atoms with Crippen LogP contribution in [0.5, 0.6) is 0 Å². The number of hydrogen-bond donors (Lipinski definition) is 1. The van der Waals surface area contributed by atoms with Crippen molar-refractivity contribution in [1.82, 2.24) is 5.32 Å². The van der Waals surface area contributed by atoms with E-state index in [-0.39, 0.29) is 11.9 Å². The molecule has 1 aliphatic heterocycles. The molecule has 26 heavy (non-hydrogen) atoms. The van der Waals surface area contributed by atoms with Crippen molar-refractivity contribution in [3.05, 3.63) is 34.9 Å². The second-order valence-electron chi connectivity index (χ2n) is 8.16. The molecule has 2 bridgehead atoms. The first-order valence-corrected chi connectivity index (χ1v) is 9.72. The number of hydrogen-bond acceptors (Lipinski definition) is 4. The highest BCUT2D eigenvalue weighted by atomic mass is 16.5. The van der Waals surface area contributed by atoms with E-state index in [1.807, 2.05) is 6.07 Å². The fourth-order valence-electron chi connectivity index (χ4n) is 4.94. The van der Waals surface area contributed by atoms with Crippen LogP contribution in [0.3, 0.4) is 0 Å². The number of benzene rings is 1. The van der Waals surface area contributed by atoms with Gasteiger partial charge in [-0.3, -0.25) is 4.79 Å². The lowest BCUT2D eigenvalue weighted by Gasteiger charge is -2.29. The van der Waals surface area contributed by atoms with Crippen molar-refractivity contribution in [3.8, 4) is 0 Å². The number of nitrogens with one attached hydrogen (secondary N) is 1. The van der Waals surface area contributed by atoms with E-state index >= 15 is 0 Å². The Morgan fingerprint density at radius 3 is 2.69 bits per heavy atom. The van der Waals surface area contributed by atoms with E-state index in [0.29, 0.717) is 24.7 Å². The molecule has 1 aromatic carbocycles. The molecule has 0 radical (unpaired) electrons. The van der Waals surface area contributed by atoms with Gasteiger partial charge in [-0.05, 0) is 74.1 Å². The maximum Gasteiger partial charge on any atom is 0.338 e. The quantitative estimate of drug-likeness (QED) is 0.822. The Morgan fingerprint density at radius 2 is 1.96 bits per heavy atom. The lowest BCUT2D eigenvalue weighted by atomic mass is 9.84. The first-order chi connectivity index (χ1) is 12.5. The molecule has 2 saturated carbocycles. The summed E-state index contributed by atoms with van der Waals surface area (Å²) in [6.07, 6.45) is 4.38. The minimum Gasteiger partial charge on any atom is -0.449 e. The number of amides is 1. The first kappa shape index (κ1) is 17.5. The van der Waals surface area contributed by atoms with Crippen LogP contribution in [-0.2, 0) is 27.5 Å². The summed E-state index contributed by atoms with van der Waals surface area (Å²) in [7, 11) is 0. The van der Waals surface area contributed by atoms with Crippen LogP contribution in [0.15, 0.2) is 18.2 Å². The summed E-state index contributed by atoms with van der Waals surface area (Å²) in [6.45, 7) is 4.83. The number of esters is 1. The third-order valence-corrected chi connectivity index (χ3v) is 6.42. The van der Waals surface area contributed by atoms with Crippen LogP contribution in [0.2, 0.25) is 0 Å². The Bertz CT molecular complexity index is 716. The van der Waals surface area contributed by atoms with Crippen LogP contribution < -0.4 is 5.32 Å².